The van der Waals surface area contributed by atoms with Gasteiger partial charge in [0.1, 0.15) is 4.83 Å². The predicted octanol–water partition coefficient (Wildman–Crippen LogP) is 0.641. The quantitative estimate of drug-likeness (QED) is 0.485. The fraction of sp³-hybridized carbons (Fsp3) is 0.800. The lowest BCUT2D eigenvalue weighted by Gasteiger charge is -2.04. The van der Waals surface area contributed by atoms with Crippen LogP contribution in [0.15, 0.2) is 0 Å². The van der Waals surface area contributed by atoms with E-state index in [4.69, 9.17) is 0 Å². The first-order valence-corrected chi connectivity index (χ1v) is 3.85. The highest BCUT2D eigenvalue weighted by Gasteiger charge is 2.11. The van der Waals surface area contributed by atoms with Gasteiger partial charge in [-0.3, -0.25) is 4.79 Å². The smallest absolute Gasteiger partial charge is 0.326 e. The third kappa shape index (κ3) is 3.57. The minimum Gasteiger partial charge on any atom is -0.543 e. The summed E-state index contributed by atoms with van der Waals surface area (Å²) in [6.07, 6.45) is 1.83. The van der Waals surface area contributed by atoms with Gasteiger partial charge in [0.05, 0.1) is 0 Å². The van der Waals surface area contributed by atoms with Crippen LogP contribution in [0, 0.1) is 0 Å². The van der Waals surface area contributed by atoms with E-state index < -0.39 is 0 Å². The summed E-state index contributed by atoms with van der Waals surface area (Å²) >= 11 is 3.19. The zero-order valence-corrected chi connectivity index (χ0v) is 7.27. The molecule has 0 aliphatic carbocycles. The lowest BCUT2D eigenvalue weighted by atomic mass is 10.2. The first-order valence-electron chi connectivity index (χ1n) is 2.94. The number of hydrogen-bond acceptors (Lipinski definition) is 2. The molecular weight excluding hydrogens is 183 g/mol. The maximum absolute atomic E-state index is 10.6. The number of carbonyl (C=O) groups excluding carboxylic acids is 1. The van der Waals surface area contributed by atoms with Crippen LogP contribution in [-0.2, 0) is 9.45 Å². The Balaban J connectivity index is 3.45. The molecule has 0 heterocycles. The van der Waals surface area contributed by atoms with Crippen molar-refractivity contribution in [1.29, 1.82) is 0 Å². The Hall–Kier alpha value is 0.0149. The molecular formula is C5H10BBrO2. The molecule has 0 aliphatic rings. The van der Waals surface area contributed by atoms with Crippen LogP contribution in [0.5, 0.6) is 0 Å². The number of hydrogen-bond donors (Lipinski definition) is 0. The summed E-state index contributed by atoms with van der Waals surface area (Å²) in [6.45, 7) is 2.02. The maximum Gasteiger partial charge on any atom is 0.326 e. The lowest BCUT2D eigenvalue weighted by Crippen LogP contribution is -2.15. The number of carbonyl (C=O) groups is 1. The van der Waals surface area contributed by atoms with E-state index in [-0.39, 0.29) is 10.8 Å². The Labute approximate surface area is 64.5 Å². The number of halogens is 1. The van der Waals surface area contributed by atoms with Gasteiger partial charge < -0.3 is 4.65 Å². The first-order chi connectivity index (χ1) is 4.22. The molecule has 0 amide bonds. The summed E-state index contributed by atoms with van der Waals surface area (Å²) in [5.74, 6) is -0.183. The molecule has 0 aliphatic heterocycles. The lowest BCUT2D eigenvalue weighted by molar-refractivity contribution is -0.133. The Kier molecular flexibility index (Phi) is 4.86. The predicted molar refractivity (Wildman–Crippen MR) is 42.3 cm³/mol. The summed E-state index contributed by atoms with van der Waals surface area (Å²) in [5.41, 5.74) is 0. The molecule has 0 spiro atoms. The molecule has 0 fully saturated rings. The average Bonchev–Trinajstić information content (AvgIpc) is 1.87. The molecule has 0 aromatic heterocycles. The molecule has 0 rings (SSSR count). The summed E-state index contributed by atoms with van der Waals surface area (Å²) in [7, 11) is 1.40. The van der Waals surface area contributed by atoms with Crippen LogP contribution < -0.4 is 0 Å². The summed E-state index contributed by atoms with van der Waals surface area (Å²) in [5, 5.41) is 0. The van der Waals surface area contributed by atoms with Gasteiger partial charge in [0.25, 0.3) is 0 Å². The highest BCUT2D eigenvalue weighted by molar-refractivity contribution is 9.10. The highest BCUT2D eigenvalue weighted by atomic mass is 79.9. The van der Waals surface area contributed by atoms with E-state index in [0.717, 1.165) is 12.8 Å². The average molecular weight is 193 g/mol. The molecule has 0 unspecified atom stereocenters. The molecule has 0 saturated heterocycles. The minimum absolute atomic E-state index is 0.118. The van der Waals surface area contributed by atoms with Crippen molar-refractivity contribution < 1.29 is 9.45 Å². The number of alkyl halides is 1. The van der Waals surface area contributed by atoms with Crippen molar-refractivity contribution in [2.75, 3.05) is 0 Å². The van der Waals surface area contributed by atoms with Crippen molar-refractivity contribution in [2.45, 2.75) is 24.6 Å². The van der Waals surface area contributed by atoms with Crippen LogP contribution >= 0.6 is 15.9 Å². The Bertz CT molecular complexity index is 97.0. The molecule has 0 bridgehead atoms. The van der Waals surface area contributed by atoms with Crippen molar-refractivity contribution in [2.24, 2.45) is 0 Å². The zero-order chi connectivity index (χ0) is 7.28. The maximum atomic E-state index is 10.6. The van der Waals surface area contributed by atoms with Gasteiger partial charge in [-0.15, -0.1) is 0 Å². The van der Waals surface area contributed by atoms with Crippen LogP contribution in [0.4, 0.5) is 0 Å². The van der Waals surface area contributed by atoms with E-state index in [9.17, 15) is 4.79 Å². The third-order valence-corrected chi connectivity index (χ3v) is 1.83. The molecule has 2 nitrogen and oxygen atoms in total. The van der Waals surface area contributed by atoms with Gasteiger partial charge in [-0.05, 0) is 6.42 Å². The second-order valence-corrected chi connectivity index (χ2v) is 2.88. The molecule has 0 radical (unpaired) electrons. The molecule has 0 aromatic carbocycles. The molecule has 9 heavy (non-hydrogen) atoms. The molecule has 52 valence electrons. The van der Waals surface area contributed by atoms with Crippen molar-refractivity contribution in [3.05, 3.63) is 0 Å². The third-order valence-electron chi connectivity index (χ3n) is 0.999. The van der Waals surface area contributed by atoms with Crippen molar-refractivity contribution in [3.8, 4) is 0 Å². The van der Waals surface area contributed by atoms with E-state index in [1.165, 1.54) is 8.05 Å². The van der Waals surface area contributed by atoms with Crippen molar-refractivity contribution in [1.82, 2.24) is 0 Å². The van der Waals surface area contributed by atoms with E-state index in [2.05, 4.69) is 20.6 Å². The molecule has 0 N–H and O–H groups in total. The van der Waals surface area contributed by atoms with Crippen molar-refractivity contribution >= 4 is 29.9 Å². The summed E-state index contributed by atoms with van der Waals surface area (Å²) < 4.78 is 4.48. The van der Waals surface area contributed by atoms with Gasteiger partial charge >= 0.3 is 14.0 Å². The number of rotatable bonds is 3. The highest BCUT2D eigenvalue weighted by Crippen LogP contribution is 2.08. The summed E-state index contributed by atoms with van der Waals surface area (Å²) in [4.78, 5) is 10.5. The zero-order valence-electron chi connectivity index (χ0n) is 5.69. The Morgan fingerprint density at radius 3 is 2.78 bits per heavy atom. The summed E-state index contributed by atoms with van der Waals surface area (Å²) in [6, 6.07) is 0. The Morgan fingerprint density at radius 1 is 1.89 bits per heavy atom. The monoisotopic (exact) mass is 192 g/mol. The van der Waals surface area contributed by atoms with E-state index in [1.54, 1.807) is 0 Å². The second kappa shape index (κ2) is 4.85. The second-order valence-electron chi connectivity index (χ2n) is 1.78. The first kappa shape index (κ1) is 9.01. The molecule has 0 saturated carbocycles. The topological polar surface area (TPSA) is 26.3 Å². The van der Waals surface area contributed by atoms with E-state index in [1.807, 2.05) is 6.92 Å². The van der Waals surface area contributed by atoms with Crippen LogP contribution in [0.1, 0.15) is 19.8 Å². The van der Waals surface area contributed by atoms with Gasteiger partial charge in [0.2, 0.25) is 0 Å². The van der Waals surface area contributed by atoms with E-state index >= 15 is 0 Å². The van der Waals surface area contributed by atoms with Crippen LogP contribution in [0.25, 0.3) is 0 Å². The van der Waals surface area contributed by atoms with Gasteiger partial charge in [0, 0.05) is 0 Å². The van der Waals surface area contributed by atoms with Crippen LogP contribution in [0.3, 0.4) is 0 Å². The molecule has 4 heteroatoms. The van der Waals surface area contributed by atoms with Gasteiger partial charge in [0.15, 0.2) is 0 Å². The van der Waals surface area contributed by atoms with Gasteiger partial charge in [-0.1, -0.05) is 29.3 Å². The van der Waals surface area contributed by atoms with Gasteiger partial charge in [-0.25, -0.2) is 0 Å². The minimum atomic E-state index is -0.183. The largest absolute Gasteiger partial charge is 0.543 e. The van der Waals surface area contributed by atoms with Crippen LogP contribution in [-0.4, -0.2) is 18.8 Å². The Morgan fingerprint density at radius 2 is 2.44 bits per heavy atom. The standard InChI is InChI=1S/C5H10BBrO2/c1-2-3-4(7)5(8)9-6/h4H,2-3,6H2,1H3/t4-/m1/s1. The molecule has 0 aromatic rings. The van der Waals surface area contributed by atoms with E-state index in [0.29, 0.717) is 0 Å². The van der Waals surface area contributed by atoms with Crippen molar-refractivity contribution in [3.63, 3.8) is 0 Å². The van der Waals surface area contributed by atoms with Gasteiger partial charge in [-0.2, -0.15) is 0 Å². The molecule has 1 atom stereocenters. The SMILES string of the molecule is BOC(=O)[C@H](Br)CCC. The fourth-order valence-electron chi connectivity index (χ4n) is 0.499. The van der Waals surface area contributed by atoms with Crippen LogP contribution in [0.2, 0.25) is 0 Å². The normalized spacial score (nSPS) is 12.7. The fourth-order valence-corrected chi connectivity index (χ4v) is 1.14.